The van der Waals surface area contributed by atoms with Gasteiger partial charge < -0.3 is 14.2 Å². The van der Waals surface area contributed by atoms with E-state index >= 15 is 0 Å². The molecule has 0 unspecified atom stereocenters. The molecule has 1 fully saturated rings. The number of carbonyl (C=O) groups excluding carboxylic acids is 2. The van der Waals surface area contributed by atoms with Crippen LogP contribution in [0.3, 0.4) is 0 Å². The van der Waals surface area contributed by atoms with Gasteiger partial charge in [0.15, 0.2) is 11.5 Å². The highest BCUT2D eigenvalue weighted by atomic mass is 35.5. The topological polar surface area (TPSA) is 65.1 Å². The number of nitrogens with zero attached hydrogens (tertiary/aromatic N) is 1. The molecule has 164 valence electrons. The van der Waals surface area contributed by atoms with Gasteiger partial charge in [0, 0.05) is 0 Å². The summed E-state index contributed by atoms with van der Waals surface area (Å²) in [5.41, 5.74) is 1.73. The van der Waals surface area contributed by atoms with Crippen LogP contribution in [0.1, 0.15) is 25.0 Å². The molecule has 31 heavy (non-hydrogen) atoms. The minimum Gasteiger partial charge on any atom is -0.492 e. The summed E-state index contributed by atoms with van der Waals surface area (Å²) in [5.74, 6) is 1.30. The first-order chi connectivity index (χ1) is 14.9. The number of amides is 2. The molecular weight excluding hydrogens is 438 g/mol. The molecule has 1 saturated heterocycles. The van der Waals surface area contributed by atoms with E-state index in [9.17, 15) is 9.59 Å². The van der Waals surface area contributed by atoms with E-state index in [2.05, 4.69) is 0 Å². The number of halogens is 1. The molecule has 2 aromatic carbocycles. The first-order valence-electron chi connectivity index (χ1n) is 9.96. The Balaban J connectivity index is 1.72. The highest BCUT2D eigenvalue weighted by Crippen LogP contribution is 2.39. The van der Waals surface area contributed by atoms with E-state index < -0.39 is 0 Å². The van der Waals surface area contributed by atoms with Crippen LogP contribution >= 0.6 is 23.4 Å². The third-order valence-corrected chi connectivity index (χ3v) is 5.55. The summed E-state index contributed by atoms with van der Waals surface area (Å²) in [4.78, 5) is 26.6. The first kappa shape index (κ1) is 23.0. The lowest BCUT2D eigenvalue weighted by molar-refractivity contribution is -0.123. The highest BCUT2D eigenvalue weighted by molar-refractivity contribution is 8.18. The van der Waals surface area contributed by atoms with Gasteiger partial charge in [0.25, 0.3) is 11.1 Å². The minimum absolute atomic E-state index is 0.171. The third kappa shape index (κ3) is 5.74. The van der Waals surface area contributed by atoms with E-state index in [0.717, 1.165) is 17.3 Å². The number of carbonyl (C=O) groups is 2. The van der Waals surface area contributed by atoms with Gasteiger partial charge >= 0.3 is 0 Å². The minimum atomic E-state index is -0.356. The Bertz CT molecular complexity index is 1010. The van der Waals surface area contributed by atoms with Gasteiger partial charge in [0.2, 0.25) is 0 Å². The Morgan fingerprint density at radius 1 is 1.06 bits per heavy atom. The fourth-order valence-corrected chi connectivity index (χ4v) is 4.16. The van der Waals surface area contributed by atoms with Crippen molar-refractivity contribution in [3.63, 3.8) is 0 Å². The van der Waals surface area contributed by atoms with E-state index in [-0.39, 0.29) is 24.3 Å². The molecular formula is C23H24ClNO5S. The van der Waals surface area contributed by atoms with Crippen molar-refractivity contribution in [3.05, 3.63) is 57.5 Å². The van der Waals surface area contributed by atoms with Crippen LogP contribution in [0.15, 0.2) is 41.3 Å². The van der Waals surface area contributed by atoms with Crippen LogP contribution in [-0.4, -0.2) is 42.4 Å². The highest BCUT2D eigenvalue weighted by Gasteiger charge is 2.34. The van der Waals surface area contributed by atoms with E-state index in [0.29, 0.717) is 46.0 Å². The maximum atomic E-state index is 12.8. The van der Waals surface area contributed by atoms with E-state index in [1.807, 2.05) is 45.0 Å². The van der Waals surface area contributed by atoms with Gasteiger partial charge in [-0.15, -0.1) is 0 Å². The molecule has 3 rings (SSSR count). The zero-order valence-electron chi connectivity index (χ0n) is 17.6. The average Bonchev–Trinajstić information content (AvgIpc) is 2.98. The van der Waals surface area contributed by atoms with Crippen LogP contribution in [0, 0.1) is 6.92 Å². The van der Waals surface area contributed by atoms with Crippen LogP contribution in [0.25, 0.3) is 6.08 Å². The molecule has 2 aromatic rings. The Kier molecular flexibility index (Phi) is 7.87. The molecule has 1 aliphatic heterocycles. The van der Waals surface area contributed by atoms with Crippen molar-refractivity contribution in [2.45, 2.75) is 20.8 Å². The monoisotopic (exact) mass is 461 g/mol. The first-order valence-corrected chi connectivity index (χ1v) is 11.2. The third-order valence-electron chi connectivity index (χ3n) is 4.36. The zero-order valence-corrected chi connectivity index (χ0v) is 19.2. The lowest BCUT2D eigenvalue weighted by atomic mass is 10.1. The molecule has 0 atom stereocenters. The number of rotatable bonds is 9. The summed E-state index contributed by atoms with van der Waals surface area (Å²) < 4.78 is 16.9. The predicted octanol–water partition coefficient (Wildman–Crippen LogP) is 5.56. The van der Waals surface area contributed by atoms with Crippen molar-refractivity contribution in [2.24, 2.45) is 0 Å². The van der Waals surface area contributed by atoms with Crippen molar-refractivity contribution in [1.29, 1.82) is 0 Å². The van der Waals surface area contributed by atoms with Gasteiger partial charge in [0.05, 0.1) is 29.7 Å². The quantitative estimate of drug-likeness (QED) is 0.455. The fraction of sp³-hybridized carbons (Fsp3) is 0.304. The van der Waals surface area contributed by atoms with Crippen LogP contribution in [0.2, 0.25) is 5.02 Å². The van der Waals surface area contributed by atoms with Crippen molar-refractivity contribution in [3.8, 4) is 17.2 Å². The maximum Gasteiger partial charge on any atom is 0.293 e. The number of benzene rings is 2. The van der Waals surface area contributed by atoms with Gasteiger partial charge in [-0.05, 0) is 74.0 Å². The average molecular weight is 462 g/mol. The van der Waals surface area contributed by atoms with Gasteiger partial charge in [-0.3, -0.25) is 14.5 Å². The number of hydrogen-bond acceptors (Lipinski definition) is 6. The second-order valence-corrected chi connectivity index (χ2v) is 8.09. The van der Waals surface area contributed by atoms with Crippen LogP contribution < -0.4 is 14.2 Å². The molecule has 0 aromatic heterocycles. The smallest absolute Gasteiger partial charge is 0.293 e. The van der Waals surface area contributed by atoms with Gasteiger partial charge in [-0.2, -0.15) is 0 Å². The second-order valence-electron chi connectivity index (χ2n) is 6.69. The molecule has 0 N–H and O–H groups in total. The number of ether oxygens (including phenoxy) is 3. The Hall–Kier alpha value is -2.64. The number of aryl methyl sites for hydroxylation is 1. The molecule has 2 amide bonds. The lowest BCUT2D eigenvalue weighted by Crippen LogP contribution is -2.32. The summed E-state index contributed by atoms with van der Waals surface area (Å²) in [7, 11) is 0. The van der Waals surface area contributed by atoms with E-state index in [4.69, 9.17) is 25.8 Å². The Morgan fingerprint density at radius 2 is 1.84 bits per heavy atom. The fourth-order valence-electron chi connectivity index (χ4n) is 3.02. The molecule has 0 saturated carbocycles. The molecule has 0 bridgehead atoms. The molecule has 0 aliphatic carbocycles. The molecule has 0 radical (unpaired) electrons. The SMILES string of the molecule is CCOc1cc(/C=C2\SC(=O)N(CCOc3cccc(C)c3)C2=O)cc(Cl)c1OCC. The summed E-state index contributed by atoms with van der Waals surface area (Å²) in [5, 5.41) is 0.0518. The summed E-state index contributed by atoms with van der Waals surface area (Å²) in [6.07, 6.45) is 1.64. The van der Waals surface area contributed by atoms with Gasteiger partial charge in [0.1, 0.15) is 12.4 Å². The van der Waals surface area contributed by atoms with Crippen molar-refractivity contribution in [2.75, 3.05) is 26.4 Å². The van der Waals surface area contributed by atoms with Crippen LogP contribution in [-0.2, 0) is 4.79 Å². The maximum absolute atomic E-state index is 12.8. The van der Waals surface area contributed by atoms with Gasteiger partial charge in [-0.25, -0.2) is 0 Å². The zero-order chi connectivity index (χ0) is 22.4. The molecule has 1 heterocycles. The predicted molar refractivity (Wildman–Crippen MR) is 123 cm³/mol. The van der Waals surface area contributed by atoms with Crippen molar-refractivity contribution >= 4 is 40.6 Å². The standard InChI is InChI=1S/C23H24ClNO5S/c1-4-28-19-13-16(12-18(24)21(19)29-5-2)14-20-22(26)25(23(27)31-20)9-10-30-17-8-6-7-15(3)11-17/h6-8,11-14H,4-5,9-10H2,1-3H3/b20-14-. The summed E-state index contributed by atoms with van der Waals surface area (Å²) in [6, 6.07) is 11.0. The molecule has 1 aliphatic rings. The van der Waals surface area contributed by atoms with Crippen molar-refractivity contribution < 1.29 is 23.8 Å². The van der Waals surface area contributed by atoms with Crippen LogP contribution in [0.5, 0.6) is 17.2 Å². The molecule has 8 heteroatoms. The van der Waals surface area contributed by atoms with Crippen molar-refractivity contribution in [1.82, 2.24) is 4.90 Å². The van der Waals surface area contributed by atoms with E-state index in [1.165, 1.54) is 4.90 Å². The van der Waals surface area contributed by atoms with Gasteiger partial charge in [-0.1, -0.05) is 23.7 Å². The lowest BCUT2D eigenvalue weighted by Gasteiger charge is -2.14. The Labute approximate surface area is 191 Å². The van der Waals surface area contributed by atoms with Crippen LogP contribution in [0.4, 0.5) is 4.79 Å². The second kappa shape index (κ2) is 10.6. The normalized spacial score (nSPS) is 15.0. The molecule has 0 spiro atoms. The summed E-state index contributed by atoms with van der Waals surface area (Å²) in [6.45, 7) is 6.97. The van der Waals surface area contributed by atoms with E-state index in [1.54, 1.807) is 18.2 Å². The number of thioether (sulfide) groups is 1. The molecule has 6 nitrogen and oxygen atoms in total. The number of imide groups is 1. The Morgan fingerprint density at radius 3 is 2.55 bits per heavy atom. The number of hydrogen-bond donors (Lipinski definition) is 0. The largest absolute Gasteiger partial charge is 0.492 e. The summed E-state index contributed by atoms with van der Waals surface area (Å²) >= 11 is 7.24.